The van der Waals surface area contributed by atoms with Gasteiger partial charge in [0, 0.05) is 19.6 Å². The van der Waals surface area contributed by atoms with Crippen molar-refractivity contribution < 1.29 is 0 Å². The lowest BCUT2D eigenvalue weighted by Crippen LogP contribution is -2.46. The van der Waals surface area contributed by atoms with Crippen molar-refractivity contribution in [3.05, 3.63) is 30.1 Å². The summed E-state index contributed by atoms with van der Waals surface area (Å²) in [6, 6.07) is 8.93. The van der Waals surface area contributed by atoms with Crippen LogP contribution in [0.3, 0.4) is 0 Å². The van der Waals surface area contributed by atoms with Crippen LogP contribution in [-0.2, 0) is 13.6 Å². The Labute approximate surface area is 120 Å². The van der Waals surface area contributed by atoms with Crippen LogP contribution >= 0.6 is 0 Å². The zero-order valence-electron chi connectivity index (χ0n) is 12.6. The zero-order valence-corrected chi connectivity index (χ0v) is 12.6. The van der Waals surface area contributed by atoms with E-state index in [1.54, 1.807) is 0 Å². The van der Waals surface area contributed by atoms with Crippen LogP contribution in [0.25, 0.3) is 11.0 Å². The van der Waals surface area contributed by atoms with Crippen molar-refractivity contribution in [2.45, 2.75) is 25.9 Å². The van der Waals surface area contributed by atoms with E-state index in [4.69, 9.17) is 4.98 Å². The molecule has 2 unspecified atom stereocenters. The fraction of sp³-hybridized carbons (Fsp3) is 0.562. The second kappa shape index (κ2) is 5.54. The van der Waals surface area contributed by atoms with Crippen LogP contribution in [-0.4, -0.2) is 40.6 Å². The van der Waals surface area contributed by atoms with Crippen molar-refractivity contribution in [1.29, 1.82) is 0 Å². The van der Waals surface area contributed by atoms with Crippen LogP contribution in [0.1, 0.15) is 19.2 Å². The Balaban J connectivity index is 1.69. The van der Waals surface area contributed by atoms with Gasteiger partial charge in [0.2, 0.25) is 0 Å². The van der Waals surface area contributed by atoms with Gasteiger partial charge in [0.1, 0.15) is 5.82 Å². The first kappa shape index (κ1) is 13.6. The first-order valence-corrected chi connectivity index (χ1v) is 7.47. The summed E-state index contributed by atoms with van der Waals surface area (Å²) in [5.41, 5.74) is 2.30. The third-order valence-electron chi connectivity index (χ3n) is 4.51. The Morgan fingerprint density at radius 2 is 2.10 bits per heavy atom. The molecule has 2 aromatic rings. The molecule has 1 N–H and O–H groups in total. The summed E-state index contributed by atoms with van der Waals surface area (Å²) in [4.78, 5) is 7.14. The molecular weight excluding hydrogens is 248 g/mol. The summed E-state index contributed by atoms with van der Waals surface area (Å²) in [5, 5.41) is 3.70. The summed E-state index contributed by atoms with van der Waals surface area (Å²) in [6.45, 7) is 5.55. The smallest absolute Gasteiger partial charge is 0.123 e. The van der Waals surface area contributed by atoms with Crippen molar-refractivity contribution >= 4 is 11.0 Å². The molecular formula is C16H24N4. The molecule has 4 nitrogen and oxygen atoms in total. The number of aromatic nitrogens is 2. The topological polar surface area (TPSA) is 33.1 Å². The maximum absolute atomic E-state index is 4.73. The molecule has 108 valence electrons. The Morgan fingerprint density at radius 3 is 2.85 bits per heavy atom. The SMILES string of the molecule is CC1CN(C)CCC1NCc1nc2ccccc2n1C. The van der Waals surface area contributed by atoms with Gasteiger partial charge >= 0.3 is 0 Å². The van der Waals surface area contributed by atoms with E-state index in [0.29, 0.717) is 12.0 Å². The number of imidazole rings is 1. The minimum absolute atomic E-state index is 0.603. The number of hydrogen-bond acceptors (Lipinski definition) is 3. The number of hydrogen-bond donors (Lipinski definition) is 1. The van der Waals surface area contributed by atoms with Gasteiger partial charge in [-0.2, -0.15) is 0 Å². The highest BCUT2D eigenvalue weighted by Gasteiger charge is 2.23. The minimum Gasteiger partial charge on any atom is -0.330 e. The van der Waals surface area contributed by atoms with Crippen LogP contribution < -0.4 is 5.32 Å². The first-order chi connectivity index (χ1) is 9.65. The van der Waals surface area contributed by atoms with Crippen molar-refractivity contribution in [2.75, 3.05) is 20.1 Å². The third-order valence-corrected chi connectivity index (χ3v) is 4.51. The average Bonchev–Trinajstić information content (AvgIpc) is 2.75. The molecule has 2 heterocycles. The van der Waals surface area contributed by atoms with Crippen LogP contribution in [0.15, 0.2) is 24.3 Å². The molecule has 1 aromatic heterocycles. The van der Waals surface area contributed by atoms with Crippen molar-refractivity contribution in [2.24, 2.45) is 13.0 Å². The molecule has 0 aliphatic carbocycles. The first-order valence-electron chi connectivity index (χ1n) is 7.47. The predicted molar refractivity (Wildman–Crippen MR) is 82.6 cm³/mol. The van der Waals surface area contributed by atoms with E-state index >= 15 is 0 Å². The molecule has 20 heavy (non-hydrogen) atoms. The molecule has 0 spiro atoms. The molecule has 4 heteroatoms. The Hall–Kier alpha value is -1.39. The maximum Gasteiger partial charge on any atom is 0.123 e. The zero-order chi connectivity index (χ0) is 14.1. The van der Waals surface area contributed by atoms with Crippen LogP contribution in [0.4, 0.5) is 0 Å². The molecule has 0 saturated carbocycles. The highest BCUT2D eigenvalue weighted by Crippen LogP contribution is 2.17. The maximum atomic E-state index is 4.73. The molecule has 1 fully saturated rings. The largest absolute Gasteiger partial charge is 0.330 e. The molecule has 1 aliphatic rings. The number of rotatable bonds is 3. The fourth-order valence-corrected chi connectivity index (χ4v) is 3.23. The van der Waals surface area contributed by atoms with Gasteiger partial charge in [0.25, 0.3) is 0 Å². The summed E-state index contributed by atoms with van der Waals surface area (Å²) in [5.74, 6) is 1.82. The lowest BCUT2D eigenvalue weighted by Gasteiger charge is -2.35. The van der Waals surface area contributed by atoms with Crippen molar-refractivity contribution in [3.63, 3.8) is 0 Å². The van der Waals surface area contributed by atoms with Gasteiger partial charge in [0.15, 0.2) is 0 Å². The molecule has 2 atom stereocenters. The van der Waals surface area contributed by atoms with E-state index in [1.807, 2.05) is 6.07 Å². The van der Waals surface area contributed by atoms with E-state index in [9.17, 15) is 0 Å². The summed E-state index contributed by atoms with van der Waals surface area (Å²) < 4.78 is 2.20. The lowest BCUT2D eigenvalue weighted by atomic mass is 9.94. The second-order valence-electron chi connectivity index (χ2n) is 6.09. The van der Waals surface area contributed by atoms with Crippen molar-refractivity contribution in [3.8, 4) is 0 Å². The normalized spacial score (nSPS) is 24.4. The van der Waals surface area contributed by atoms with E-state index in [-0.39, 0.29) is 0 Å². The molecule has 0 amide bonds. The van der Waals surface area contributed by atoms with E-state index < -0.39 is 0 Å². The summed E-state index contributed by atoms with van der Waals surface area (Å²) in [7, 11) is 4.31. The lowest BCUT2D eigenvalue weighted by molar-refractivity contribution is 0.173. The number of nitrogens with zero attached hydrogens (tertiary/aromatic N) is 3. The monoisotopic (exact) mass is 272 g/mol. The number of aryl methyl sites for hydroxylation is 1. The number of benzene rings is 1. The Morgan fingerprint density at radius 1 is 1.30 bits per heavy atom. The van der Waals surface area contributed by atoms with E-state index in [1.165, 1.54) is 25.0 Å². The molecule has 1 aromatic carbocycles. The standard InChI is InChI=1S/C16H24N4/c1-12-11-19(2)9-8-13(12)17-10-16-18-14-6-4-5-7-15(14)20(16)3/h4-7,12-13,17H,8-11H2,1-3H3. The van der Waals surface area contributed by atoms with Crippen LogP contribution in [0, 0.1) is 5.92 Å². The minimum atomic E-state index is 0.603. The number of fused-ring (bicyclic) bond motifs is 1. The van der Waals surface area contributed by atoms with E-state index in [2.05, 4.69) is 54.0 Å². The Kier molecular flexibility index (Phi) is 3.76. The predicted octanol–water partition coefficient (Wildman–Crippen LogP) is 2.00. The molecule has 3 rings (SSSR count). The number of para-hydroxylation sites is 2. The van der Waals surface area contributed by atoms with Gasteiger partial charge < -0.3 is 14.8 Å². The quantitative estimate of drug-likeness (QED) is 0.928. The van der Waals surface area contributed by atoms with Gasteiger partial charge in [0.05, 0.1) is 17.6 Å². The van der Waals surface area contributed by atoms with Gasteiger partial charge in [-0.15, -0.1) is 0 Å². The Bertz CT molecular complexity index is 589. The molecule has 0 radical (unpaired) electrons. The molecule has 0 bridgehead atoms. The van der Waals surface area contributed by atoms with Gasteiger partial charge in [-0.05, 0) is 38.1 Å². The summed E-state index contributed by atoms with van der Waals surface area (Å²) >= 11 is 0. The van der Waals surface area contributed by atoms with E-state index in [0.717, 1.165) is 17.9 Å². The highest BCUT2D eigenvalue weighted by molar-refractivity contribution is 5.75. The second-order valence-corrected chi connectivity index (χ2v) is 6.09. The van der Waals surface area contributed by atoms with Crippen LogP contribution in [0.5, 0.6) is 0 Å². The average molecular weight is 272 g/mol. The van der Waals surface area contributed by atoms with Gasteiger partial charge in [-0.3, -0.25) is 0 Å². The fourth-order valence-electron chi connectivity index (χ4n) is 3.23. The summed E-state index contributed by atoms with van der Waals surface area (Å²) in [6.07, 6.45) is 1.22. The van der Waals surface area contributed by atoms with Crippen molar-refractivity contribution in [1.82, 2.24) is 19.8 Å². The van der Waals surface area contributed by atoms with Crippen LogP contribution in [0.2, 0.25) is 0 Å². The number of piperidine rings is 1. The highest BCUT2D eigenvalue weighted by atomic mass is 15.1. The molecule has 1 saturated heterocycles. The molecule has 1 aliphatic heterocycles. The number of nitrogens with one attached hydrogen (secondary N) is 1. The van der Waals surface area contributed by atoms with Gasteiger partial charge in [-0.25, -0.2) is 4.98 Å². The third kappa shape index (κ3) is 2.58. The van der Waals surface area contributed by atoms with Gasteiger partial charge in [-0.1, -0.05) is 19.1 Å². The number of likely N-dealkylation sites (tertiary alicyclic amines) is 1.